The van der Waals surface area contributed by atoms with Crippen LogP contribution >= 0.6 is 0 Å². The van der Waals surface area contributed by atoms with Crippen LogP contribution in [0.1, 0.15) is 24.8 Å². The molecule has 0 aromatic carbocycles. The minimum atomic E-state index is -5.23. The van der Waals surface area contributed by atoms with Gasteiger partial charge in [-0.1, -0.05) is 12.5 Å². The lowest BCUT2D eigenvalue weighted by molar-refractivity contribution is -0.0447. The van der Waals surface area contributed by atoms with E-state index in [0.29, 0.717) is 12.8 Å². The van der Waals surface area contributed by atoms with E-state index in [0.717, 1.165) is 18.4 Å². The predicted molar refractivity (Wildman–Crippen MR) is 64.8 cm³/mol. The molecule has 0 atom stereocenters. The van der Waals surface area contributed by atoms with Crippen LogP contribution in [0.25, 0.3) is 0 Å². The topological polar surface area (TPSA) is 59.1 Å². The molecule has 8 heteroatoms. The van der Waals surface area contributed by atoms with Crippen LogP contribution in [-0.4, -0.2) is 25.5 Å². The highest BCUT2D eigenvalue weighted by atomic mass is 32.2. The average Bonchev–Trinajstić information content (AvgIpc) is 2.33. The second-order valence-corrected chi connectivity index (χ2v) is 5.77. The standard InChI is InChI=1S/C11H15F3N2O2S/c12-11(13,14)19(17,18)16-8-3-1-2-5-10-6-4-7-15-9-10/h4,6-7,9,16H,1-3,5,8H2. The first-order valence-corrected chi connectivity index (χ1v) is 7.26. The molecule has 0 radical (unpaired) electrons. The van der Waals surface area contributed by atoms with Gasteiger partial charge in [0.25, 0.3) is 0 Å². The number of hydrogen-bond donors (Lipinski definition) is 1. The molecule has 1 rings (SSSR count). The minimum absolute atomic E-state index is 0.200. The third-order valence-corrected chi connectivity index (χ3v) is 3.66. The van der Waals surface area contributed by atoms with Crippen molar-refractivity contribution in [3.63, 3.8) is 0 Å². The lowest BCUT2D eigenvalue weighted by atomic mass is 10.1. The van der Waals surface area contributed by atoms with Gasteiger partial charge in [-0.25, -0.2) is 13.1 Å². The van der Waals surface area contributed by atoms with E-state index in [9.17, 15) is 21.6 Å². The van der Waals surface area contributed by atoms with Crippen molar-refractivity contribution in [1.82, 2.24) is 9.71 Å². The maximum atomic E-state index is 12.0. The Labute approximate surface area is 110 Å². The summed E-state index contributed by atoms with van der Waals surface area (Å²) in [6.45, 7) is -0.200. The molecule has 0 fully saturated rings. The van der Waals surface area contributed by atoms with E-state index < -0.39 is 15.5 Å². The summed E-state index contributed by atoms with van der Waals surface area (Å²) >= 11 is 0. The smallest absolute Gasteiger partial charge is 0.264 e. The average molecular weight is 296 g/mol. The molecule has 0 unspecified atom stereocenters. The van der Waals surface area contributed by atoms with Gasteiger partial charge in [0.1, 0.15) is 0 Å². The number of pyridine rings is 1. The van der Waals surface area contributed by atoms with Crippen molar-refractivity contribution in [2.24, 2.45) is 0 Å². The molecule has 4 nitrogen and oxygen atoms in total. The number of alkyl halides is 3. The van der Waals surface area contributed by atoms with Crippen molar-refractivity contribution in [3.8, 4) is 0 Å². The molecule has 19 heavy (non-hydrogen) atoms. The monoisotopic (exact) mass is 296 g/mol. The van der Waals surface area contributed by atoms with Crippen molar-refractivity contribution in [2.75, 3.05) is 6.54 Å². The van der Waals surface area contributed by atoms with E-state index in [1.54, 1.807) is 12.4 Å². The molecular formula is C11H15F3N2O2S. The summed E-state index contributed by atoms with van der Waals surface area (Å²) in [6, 6.07) is 3.73. The first-order valence-electron chi connectivity index (χ1n) is 5.78. The van der Waals surface area contributed by atoms with E-state index in [2.05, 4.69) is 4.98 Å². The SMILES string of the molecule is O=S(=O)(NCCCCCc1cccnc1)C(F)(F)F. The summed E-state index contributed by atoms with van der Waals surface area (Å²) in [5, 5.41) is 0. The quantitative estimate of drug-likeness (QED) is 0.785. The number of halogens is 3. The maximum absolute atomic E-state index is 12.0. The van der Waals surface area contributed by atoms with E-state index in [1.165, 1.54) is 4.72 Å². The molecule has 0 saturated carbocycles. The molecule has 0 spiro atoms. The van der Waals surface area contributed by atoms with Crippen molar-refractivity contribution < 1.29 is 21.6 Å². The normalized spacial score (nSPS) is 12.6. The molecule has 0 amide bonds. The van der Waals surface area contributed by atoms with Crippen LogP contribution in [0.4, 0.5) is 13.2 Å². The van der Waals surface area contributed by atoms with Gasteiger partial charge in [0.15, 0.2) is 0 Å². The van der Waals surface area contributed by atoms with Crippen LogP contribution in [-0.2, 0) is 16.4 Å². The highest BCUT2D eigenvalue weighted by Crippen LogP contribution is 2.21. The lowest BCUT2D eigenvalue weighted by Crippen LogP contribution is -2.36. The fourth-order valence-corrected chi connectivity index (χ4v) is 2.04. The number of unbranched alkanes of at least 4 members (excludes halogenated alkanes) is 2. The summed E-state index contributed by atoms with van der Waals surface area (Å²) < 4.78 is 58.8. The van der Waals surface area contributed by atoms with E-state index in [4.69, 9.17) is 0 Å². The maximum Gasteiger partial charge on any atom is 0.511 e. The zero-order chi connectivity index (χ0) is 14.4. The van der Waals surface area contributed by atoms with Crippen molar-refractivity contribution in [3.05, 3.63) is 30.1 Å². The van der Waals surface area contributed by atoms with Gasteiger partial charge in [0.2, 0.25) is 0 Å². The van der Waals surface area contributed by atoms with Gasteiger partial charge in [-0.05, 0) is 30.9 Å². The van der Waals surface area contributed by atoms with E-state index >= 15 is 0 Å². The number of nitrogens with zero attached hydrogens (tertiary/aromatic N) is 1. The van der Waals surface area contributed by atoms with Crippen LogP contribution in [0.15, 0.2) is 24.5 Å². The van der Waals surface area contributed by atoms with Crippen LogP contribution < -0.4 is 4.72 Å². The Hall–Kier alpha value is -1.15. The summed E-state index contributed by atoms with van der Waals surface area (Å²) in [6.07, 6.45) is 5.96. The van der Waals surface area contributed by atoms with Gasteiger partial charge in [-0.2, -0.15) is 13.2 Å². The Kier molecular flexibility index (Phi) is 5.74. The van der Waals surface area contributed by atoms with Crippen LogP contribution in [0.5, 0.6) is 0 Å². The van der Waals surface area contributed by atoms with E-state index in [1.807, 2.05) is 12.1 Å². The Morgan fingerprint density at radius 3 is 2.53 bits per heavy atom. The zero-order valence-electron chi connectivity index (χ0n) is 10.2. The Balaban J connectivity index is 2.16. The highest BCUT2D eigenvalue weighted by Gasteiger charge is 2.45. The summed E-state index contributed by atoms with van der Waals surface area (Å²) in [4.78, 5) is 3.94. The second kappa shape index (κ2) is 6.85. The van der Waals surface area contributed by atoms with E-state index in [-0.39, 0.29) is 6.54 Å². The van der Waals surface area contributed by atoms with Gasteiger partial charge in [0.05, 0.1) is 0 Å². The Morgan fingerprint density at radius 1 is 1.21 bits per heavy atom. The molecule has 0 bridgehead atoms. The molecule has 0 aliphatic heterocycles. The number of hydrogen-bond acceptors (Lipinski definition) is 3. The van der Waals surface area contributed by atoms with Crippen LogP contribution in [0.2, 0.25) is 0 Å². The van der Waals surface area contributed by atoms with Crippen molar-refractivity contribution in [1.29, 1.82) is 0 Å². The molecule has 1 aromatic rings. The third-order valence-electron chi connectivity index (χ3n) is 2.46. The lowest BCUT2D eigenvalue weighted by Gasteiger charge is -2.09. The fourth-order valence-electron chi connectivity index (χ4n) is 1.47. The Bertz CT molecular complexity index is 474. The van der Waals surface area contributed by atoms with Crippen LogP contribution in [0.3, 0.4) is 0 Å². The first-order chi connectivity index (χ1) is 8.83. The molecular weight excluding hydrogens is 281 g/mol. The number of aryl methyl sites for hydroxylation is 1. The van der Waals surface area contributed by atoms with Gasteiger partial charge < -0.3 is 0 Å². The zero-order valence-corrected chi connectivity index (χ0v) is 11.0. The number of nitrogens with one attached hydrogen (secondary N) is 1. The Morgan fingerprint density at radius 2 is 1.95 bits per heavy atom. The molecule has 1 aromatic heterocycles. The van der Waals surface area contributed by atoms with Gasteiger partial charge in [0, 0.05) is 18.9 Å². The molecule has 0 aliphatic carbocycles. The molecule has 1 N–H and O–H groups in total. The van der Waals surface area contributed by atoms with Gasteiger partial charge in [-0.15, -0.1) is 0 Å². The highest BCUT2D eigenvalue weighted by molar-refractivity contribution is 7.90. The molecule has 108 valence electrons. The third kappa shape index (κ3) is 5.56. The summed E-state index contributed by atoms with van der Waals surface area (Å²) in [7, 11) is -5.20. The summed E-state index contributed by atoms with van der Waals surface area (Å²) in [5.74, 6) is 0. The van der Waals surface area contributed by atoms with Crippen LogP contribution in [0, 0.1) is 0 Å². The van der Waals surface area contributed by atoms with Gasteiger partial charge >= 0.3 is 15.5 Å². The number of aromatic nitrogens is 1. The summed E-state index contributed by atoms with van der Waals surface area (Å²) in [5.41, 5.74) is -4.18. The van der Waals surface area contributed by atoms with Crippen molar-refractivity contribution >= 4 is 10.0 Å². The molecule has 1 heterocycles. The second-order valence-electron chi connectivity index (χ2n) is 4.02. The van der Waals surface area contributed by atoms with Crippen molar-refractivity contribution in [2.45, 2.75) is 31.2 Å². The van der Waals surface area contributed by atoms with Gasteiger partial charge in [-0.3, -0.25) is 4.98 Å². The predicted octanol–water partition coefficient (Wildman–Crippen LogP) is 2.23. The fraction of sp³-hybridized carbons (Fsp3) is 0.545. The molecule has 0 saturated heterocycles. The minimum Gasteiger partial charge on any atom is -0.264 e. The molecule has 0 aliphatic rings. The largest absolute Gasteiger partial charge is 0.511 e. The number of rotatable bonds is 7. The number of sulfonamides is 1. The first kappa shape index (κ1) is 15.9.